The number of likely N-dealkylation sites (N-methyl/N-ethyl adjacent to an activating group) is 1. The van der Waals surface area contributed by atoms with E-state index in [4.69, 9.17) is 4.74 Å². The largest absolute Gasteiger partial charge is 1.00 e. The number of rotatable bonds is 6. The third kappa shape index (κ3) is 12.8. The van der Waals surface area contributed by atoms with Crippen molar-refractivity contribution in [2.45, 2.75) is 45.6 Å². The summed E-state index contributed by atoms with van der Waals surface area (Å²) in [5, 5.41) is 10.2. The molecule has 0 unspecified atom stereocenters. The first kappa shape index (κ1) is 21.3. The molecule has 0 radical (unpaired) electrons. The Morgan fingerprint density at radius 3 is 2.11 bits per heavy atom. The van der Waals surface area contributed by atoms with Crippen molar-refractivity contribution in [2.24, 2.45) is 0 Å². The van der Waals surface area contributed by atoms with E-state index in [-0.39, 0.29) is 83.1 Å². The molecule has 0 aliphatic heterocycles. The summed E-state index contributed by atoms with van der Waals surface area (Å²) in [6.07, 6.45) is 0.124. The Kier molecular flexibility index (Phi) is 11.1. The molecule has 0 aromatic carbocycles. The maximum absolute atomic E-state index is 11.5. The summed E-state index contributed by atoms with van der Waals surface area (Å²) in [4.78, 5) is 34.4. The molecule has 0 spiro atoms. The minimum Gasteiger partial charge on any atom is -0.550 e. The fraction of sp³-hybridized carbons (Fsp3) is 0.750. The van der Waals surface area contributed by atoms with Crippen molar-refractivity contribution in [1.29, 1.82) is 0 Å². The number of nitrogens with zero attached hydrogens (tertiary/aromatic N) is 1. The molecule has 0 aromatic heterocycles. The van der Waals surface area contributed by atoms with Gasteiger partial charge in [0.2, 0.25) is 5.91 Å². The number of carboxylic acid groups (broad SMARTS) is 1. The van der Waals surface area contributed by atoms with Gasteiger partial charge in [-0.1, -0.05) is 0 Å². The van der Waals surface area contributed by atoms with Crippen LogP contribution in [0, 0.1) is 0 Å². The Morgan fingerprint density at radius 1 is 1.16 bits per heavy atom. The topological polar surface area (TPSA) is 86.7 Å². The van der Waals surface area contributed by atoms with Crippen molar-refractivity contribution in [3.05, 3.63) is 0 Å². The van der Waals surface area contributed by atoms with Crippen LogP contribution in [0.3, 0.4) is 0 Å². The molecule has 1 amide bonds. The molecule has 0 fully saturated rings. The third-order valence-electron chi connectivity index (χ3n) is 1.98. The van der Waals surface area contributed by atoms with E-state index in [1.807, 2.05) is 0 Å². The van der Waals surface area contributed by atoms with Crippen molar-refractivity contribution in [2.75, 3.05) is 13.6 Å². The van der Waals surface area contributed by atoms with Crippen molar-refractivity contribution in [3.8, 4) is 0 Å². The Morgan fingerprint density at radius 2 is 1.68 bits per heavy atom. The summed E-state index contributed by atoms with van der Waals surface area (Å²) in [7, 11) is 1.48. The van der Waals surface area contributed by atoms with Crippen molar-refractivity contribution in [1.82, 2.24) is 4.90 Å². The van der Waals surface area contributed by atoms with E-state index in [1.165, 1.54) is 11.9 Å². The van der Waals surface area contributed by atoms with Crippen LogP contribution in [-0.4, -0.2) is 41.9 Å². The van der Waals surface area contributed by atoms with Gasteiger partial charge >= 0.3 is 57.4 Å². The van der Waals surface area contributed by atoms with E-state index in [0.717, 1.165) is 0 Å². The molecule has 0 atom stereocenters. The van der Waals surface area contributed by atoms with Gasteiger partial charge in [-0.25, -0.2) is 0 Å². The predicted molar refractivity (Wildman–Crippen MR) is 62.3 cm³/mol. The first-order chi connectivity index (χ1) is 8.11. The molecule has 19 heavy (non-hydrogen) atoms. The summed E-state index contributed by atoms with van der Waals surface area (Å²) in [6, 6.07) is 0. The van der Waals surface area contributed by atoms with Gasteiger partial charge in [0, 0.05) is 19.4 Å². The second-order valence-electron chi connectivity index (χ2n) is 5.06. The van der Waals surface area contributed by atoms with Crippen LogP contribution in [0.5, 0.6) is 0 Å². The number of carbonyl (C=O) groups excluding carboxylic acids is 3. The van der Waals surface area contributed by atoms with Crippen LogP contribution in [-0.2, 0) is 19.1 Å². The molecular formula is C12H20KNO5. The summed E-state index contributed by atoms with van der Waals surface area (Å²) in [5.41, 5.74) is -0.587. The molecule has 0 aliphatic rings. The maximum atomic E-state index is 11.5. The number of carboxylic acids is 1. The minimum absolute atomic E-state index is 0. The van der Waals surface area contributed by atoms with Gasteiger partial charge in [0.15, 0.2) is 0 Å². The molecule has 0 aliphatic carbocycles. The molecule has 0 saturated heterocycles. The van der Waals surface area contributed by atoms with Gasteiger partial charge in [-0.05, 0) is 33.6 Å². The van der Waals surface area contributed by atoms with Gasteiger partial charge in [0.1, 0.15) is 12.1 Å². The molecular weight excluding hydrogens is 277 g/mol. The molecule has 6 nitrogen and oxygen atoms in total. The molecule has 0 aromatic rings. The number of hydrogen-bond donors (Lipinski definition) is 0. The molecule has 7 heteroatoms. The van der Waals surface area contributed by atoms with Crippen molar-refractivity contribution < 1.29 is 75.6 Å². The normalized spacial score (nSPS) is 10.3. The number of hydrogen-bond acceptors (Lipinski definition) is 5. The zero-order chi connectivity index (χ0) is 14.3. The second kappa shape index (κ2) is 9.87. The first-order valence-corrected chi connectivity index (χ1v) is 5.77. The van der Waals surface area contributed by atoms with E-state index in [1.54, 1.807) is 20.8 Å². The molecule has 0 N–H and O–H groups in total. The van der Waals surface area contributed by atoms with Gasteiger partial charge in [0.25, 0.3) is 0 Å². The molecule has 0 heterocycles. The zero-order valence-electron chi connectivity index (χ0n) is 12.3. The number of esters is 1. The van der Waals surface area contributed by atoms with Crippen LogP contribution in [0.15, 0.2) is 0 Å². The smallest absolute Gasteiger partial charge is 0.550 e. The first-order valence-electron chi connectivity index (χ1n) is 5.77. The standard InChI is InChI=1S/C12H21NO5.K/c1-12(2,3)18-11(17)8-13(4)9(14)6-5-7-10(15)16;/h5-8H2,1-4H3,(H,15,16);/q;+1/p-1. The van der Waals surface area contributed by atoms with Crippen LogP contribution in [0.4, 0.5) is 0 Å². The number of carbonyl (C=O) groups is 3. The molecule has 104 valence electrons. The monoisotopic (exact) mass is 297 g/mol. The minimum atomic E-state index is -1.18. The van der Waals surface area contributed by atoms with Gasteiger partial charge in [-0.15, -0.1) is 0 Å². The molecule has 0 saturated carbocycles. The zero-order valence-corrected chi connectivity index (χ0v) is 15.4. The summed E-state index contributed by atoms with van der Waals surface area (Å²) >= 11 is 0. The summed E-state index contributed by atoms with van der Waals surface area (Å²) in [5.74, 6) is -1.96. The van der Waals surface area contributed by atoms with E-state index in [2.05, 4.69) is 0 Å². The Balaban J connectivity index is 0. The average molecular weight is 297 g/mol. The van der Waals surface area contributed by atoms with Crippen LogP contribution < -0.4 is 56.5 Å². The van der Waals surface area contributed by atoms with E-state index >= 15 is 0 Å². The fourth-order valence-electron chi connectivity index (χ4n) is 1.23. The van der Waals surface area contributed by atoms with Crippen LogP contribution in [0.25, 0.3) is 0 Å². The van der Waals surface area contributed by atoms with Crippen LogP contribution in [0.2, 0.25) is 0 Å². The third-order valence-corrected chi connectivity index (χ3v) is 1.98. The average Bonchev–Trinajstić information content (AvgIpc) is 2.13. The molecule has 0 bridgehead atoms. The van der Waals surface area contributed by atoms with Crippen LogP contribution >= 0.6 is 0 Å². The van der Waals surface area contributed by atoms with Crippen molar-refractivity contribution >= 4 is 17.8 Å². The SMILES string of the molecule is CN(CC(=O)OC(C)(C)C)C(=O)CCCC(=O)[O-].[K+]. The van der Waals surface area contributed by atoms with E-state index in [9.17, 15) is 19.5 Å². The second-order valence-corrected chi connectivity index (χ2v) is 5.06. The van der Waals surface area contributed by atoms with Gasteiger partial charge in [-0.2, -0.15) is 0 Å². The van der Waals surface area contributed by atoms with Crippen LogP contribution in [0.1, 0.15) is 40.0 Å². The van der Waals surface area contributed by atoms with E-state index < -0.39 is 17.5 Å². The fourth-order valence-corrected chi connectivity index (χ4v) is 1.23. The molecule has 0 rings (SSSR count). The maximum Gasteiger partial charge on any atom is 1.00 e. The number of amides is 1. The van der Waals surface area contributed by atoms with Gasteiger partial charge < -0.3 is 19.5 Å². The Hall–Kier alpha value is 0.0464. The summed E-state index contributed by atoms with van der Waals surface area (Å²) < 4.78 is 5.06. The summed E-state index contributed by atoms with van der Waals surface area (Å²) in [6.45, 7) is 5.09. The quantitative estimate of drug-likeness (QED) is 0.379. The number of ether oxygens (including phenoxy) is 1. The Labute approximate surface area is 156 Å². The Bertz CT molecular complexity index is 325. The van der Waals surface area contributed by atoms with Gasteiger partial charge in [-0.3, -0.25) is 9.59 Å². The number of aliphatic carboxylic acids is 1. The van der Waals surface area contributed by atoms with E-state index in [0.29, 0.717) is 0 Å². The van der Waals surface area contributed by atoms with Gasteiger partial charge in [0.05, 0.1) is 0 Å². The van der Waals surface area contributed by atoms with Crippen molar-refractivity contribution in [3.63, 3.8) is 0 Å². The predicted octanol–water partition coefficient (Wildman–Crippen LogP) is -3.29.